The minimum absolute atomic E-state index is 0.000405. The predicted molar refractivity (Wildman–Crippen MR) is 93.6 cm³/mol. The number of rotatable bonds is 3. The summed E-state index contributed by atoms with van der Waals surface area (Å²) < 4.78 is 5.10. The van der Waals surface area contributed by atoms with Gasteiger partial charge in [-0.3, -0.25) is 9.69 Å². The first-order valence-electron chi connectivity index (χ1n) is 7.84. The number of hydrogen-bond acceptors (Lipinski definition) is 4. The Morgan fingerprint density at radius 1 is 1.17 bits per heavy atom. The van der Waals surface area contributed by atoms with Gasteiger partial charge in [0, 0.05) is 32.7 Å². The molecule has 24 heavy (non-hydrogen) atoms. The molecule has 1 saturated heterocycles. The lowest BCUT2D eigenvalue weighted by atomic mass is 10.1. The summed E-state index contributed by atoms with van der Waals surface area (Å²) in [7, 11) is 0. The molecule has 0 bridgehead atoms. The van der Waals surface area contributed by atoms with Crippen LogP contribution in [0.1, 0.15) is 27.4 Å². The van der Waals surface area contributed by atoms with Crippen molar-refractivity contribution >= 4 is 29.1 Å². The molecule has 0 N–H and O–H groups in total. The summed E-state index contributed by atoms with van der Waals surface area (Å²) in [6, 6.07) is 5.69. The summed E-state index contributed by atoms with van der Waals surface area (Å²) in [5.41, 5.74) is 2.36. The molecule has 2 heterocycles. The molecule has 0 atom stereocenters. The molecule has 1 aliphatic rings. The Hall–Kier alpha value is -1.56. The van der Waals surface area contributed by atoms with Crippen LogP contribution in [-0.4, -0.2) is 47.0 Å². The molecular formula is C17H19Cl2N3O2. The topological polar surface area (TPSA) is 49.6 Å². The molecule has 1 fully saturated rings. The predicted octanol–water partition coefficient (Wildman–Crippen LogP) is 3.56. The van der Waals surface area contributed by atoms with E-state index in [1.807, 2.05) is 23.1 Å². The highest BCUT2D eigenvalue weighted by atomic mass is 35.5. The lowest BCUT2D eigenvalue weighted by molar-refractivity contribution is 0.0626. The maximum absolute atomic E-state index is 12.6. The van der Waals surface area contributed by atoms with Crippen LogP contribution in [-0.2, 0) is 6.54 Å². The molecular weight excluding hydrogens is 349 g/mol. The summed E-state index contributed by atoms with van der Waals surface area (Å²) in [5.74, 6) is 0.580. The third kappa shape index (κ3) is 3.58. The van der Waals surface area contributed by atoms with E-state index in [0.29, 0.717) is 40.2 Å². The van der Waals surface area contributed by atoms with Gasteiger partial charge in [-0.25, -0.2) is 0 Å². The molecule has 0 radical (unpaired) electrons. The van der Waals surface area contributed by atoms with Gasteiger partial charge in [0.2, 0.25) is 0 Å². The fourth-order valence-corrected chi connectivity index (χ4v) is 3.27. The lowest BCUT2D eigenvalue weighted by Gasteiger charge is -2.34. The van der Waals surface area contributed by atoms with Crippen molar-refractivity contribution in [3.8, 4) is 0 Å². The number of piperazine rings is 1. The summed E-state index contributed by atoms with van der Waals surface area (Å²) in [6.45, 7) is 7.36. The molecule has 128 valence electrons. The highest BCUT2D eigenvalue weighted by Crippen LogP contribution is 2.23. The molecule has 1 aromatic carbocycles. The average molecular weight is 368 g/mol. The molecule has 1 aliphatic heterocycles. The zero-order valence-corrected chi connectivity index (χ0v) is 15.2. The van der Waals surface area contributed by atoms with Gasteiger partial charge in [0.25, 0.3) is 5.91 Å². The van der Waals surface area contributed by atoms with Crippen molar-refractivity contribution in [1.29, 1.82) is 0 Å². The maximum atomic E-state index is 12.6. The maximum Gasteiger partial charge on any atom is 0.259 e. The zero-order chi connectivity index (χ0) is 17.3. The largest absolute Gasteiger partial charge is 0.361 e. The number of benzene rings is 1. The zero-order valence-electron chi connectivity index (χ0n) is 13.7. The molecule has 1 amide bonds. The molecule has 0 aliphatic carbocycles. The molecule has 2 aromatic rings. The number of aryl methyl sites for hydroxylation is 2. The van der Waals surface area contributed by atoms with E-state index in [0.717, 1.165) is 25.2 Å². The van der Waals surface area contributed by atoms with E-state index < -0.39 is 0 Å². The SMILES string of the molecule is Cc1noc(C)c1C(=O)N1CCN(Cc2ccc(Cl)c(Cl)c2)CC1. The van der Waals surface area contributed by atoms with Crippen molar-refractivity contribution in [3.05, 3.63) is 50.8 Å². The monoisotopic (exact) mass is 367 g/mol. The van der Waals surface area contributed by atoms with Crippen LogP contribution in [0.15, 0.2) is 22.7 Å². The van der Waals surface area contributed by atoms with Crippen LogP contribution in [0.3, 0.4) is 0 Å². The van der Waals surface area contributed by atoms with E-state index in [4.69, 9.17) is 27.7 Å². The Morgan fingerprint density at radius 2 is 1.88 bits per heavy atom. The quantitative estimate of drug-likeness (QED) is 0.831. The van der Waals surface area contributed by atoms with Gasteiger partial charge in [0.15, 0.2) is 0 Å². The van der Waals surface area contributed by atoms with Crippen molar-refractivity contribution in [2.45, 2.75) is 20.4 Å². The van der Waals surface area contributed by atoms with Crippen LogP contribution in [0.4, 0.5) is 0 Å². The van der Waals surface area contributed by atoms with Gasteiger partial charge >= 0.3 is 0 Å². The second-order valence-electron chi connectivity index (χ2n) is 6.02. The summed E-state index contributed by atoms with van der Waals surface area (Å²) in [6.07, 6.45) is 0. The van der Waals surface area contributed by atoms with Crippen molar-refractivity contribution in [1.82, 2.24) is 15.0 Å². The molecule has 5 nitrogen and oxygen atoms in total. The highest BCUT2D eigenvalue weighted by molar-refractivity contribution is 6.42. The Labute approximate surface area is 151 Å². The summed E-state index contributed by atoms with van der Waals surface area (Å²) >= 11 is 12.0. The second-order valence-corrected chi connectivity index (χ2v) is 6.83. The van der Waals surface area contributed by atoms with Crippen molar-refractivity contribution < 1.29 is 9.32 Å². The van der Waals surface area contributed by atoms with Crippen LogP contribution < -0.4 is 0 Å². The summed E-state index contributed by atoms with van der Waals surface area (Å²) in [4.78, 5) is 16.8. The van der Waals surface area contributed by atoms with Crippen LogP contribution in [0, 0.1) is 13.8 Å². The number of nitrogens with zero attached hydrogens (tertiary/aromatic N) is 3. The molecule has 7 heteroatoms. The number of halogens is 2. The molecule has 3 rings (SSSR count). The molecule has 1 aromatic heterocycles. The first-order valence-corrected chi connectivity index (χ1v) is 8.59. The first kappa shape index (κ1) is 17.3. The third-order valence-electron chi connectivity index (χ3n) is 4.30. The number of carbonyl (C=O) groups is 1. The van der Waals surface area contributed by atoms with E-state index in [1.54, 1.807) is 13.8 Å². The van der Waals surface area contributed by atoms with E-state index in [-0.39, 0.29) is 5.91 Å². The normalized spacial score (nSPS) is 15.8. The highest BCUT2D eigenvalue weighted by Gasteiger charge is 2.26. The molecule has 0 saturated carbocycles. The fourth-order valence-electron chi connectivity index (χ4n) is 2.95. The summed E-state index contributed by atoms with van der Waals surface area (Å²) in [5, 5.41) is 5.00. The lowest BCUT2D eigenvalue weighted by Crippen LogP contribution is -2.48. The van der Waals surface area contributed by atoms with Crippen LogP contribution in [0.2, 0.25) is 10.0 Å². The Morgan fingerprint density at radius 3 is 2.46 bits per heavy atom. The van der Waals surface area contributed by atoms with Crippen molar-refractivity contribution in [2.75, 3.05) is 26.2 Å². The van der Waals surface area contributed by atoms with Gasteiger partial charge in [-0.2, -0.15) is 0 Å². The van der Waals surface area contributed by atoms with E-state index >= 15 is 0 Å². The molecule has 0 unspecified atom stereocenters. The Kier molecular flexibility index (Phi) is 5.13. The van der Waals surface area contributed by atoms with Crippen LogP contribution in [0.5, 0.6) is 0 Å². The van der Waals surface area contributed by atoms with E-state index in [9.17, 15) is 4.79 Å². The number of aromatic nitrogens is 1. The van der Waals surface area contributed by atoms with Crippen LogP contribution >= 0.6 is 23.2 Å². The minimum atomic E-state index is 0.000405. The van der Waals surface area contributed by atoms with Gasteiger partial charge in [0.1, 0.15) is 11.3 Å². The smallest absolute Gasteiger partial charge is 0.259 e. The molecule has 0 spiro atoms. The van der Waals surface area contributed by atoms with Gasteiger partial charge in [-0.1, -0.05) is 34.4 Å². The van der Waals surface area contributed by atoms with Crippen LogP contribution in [0.25, 0.3) is 0 Å². The number of hydrogen-bond donors (Lipinski definition) is 0. The van der Waals surface area contributed by atoms with Gasteiger partial charge < -0.3 is 9.42 Å². The van der Waals surface area contributed by atoms with Crippen molar-refractivity contribution in [2.24, 2.45) is 0 Å². The van der Waals surface area contributed by atoms with Crippen molar-refractivity contribution in [3.63, 3.8) is 0 Å². The minimum Gasteiger partial charge on any atom is -0.361 e. The Bertz CT molecular complexity index is 733. The third-order valence-corrected chi connectivity index (χ3v) is 5.04. The fraction of sp³-hybridized carbons (Fsp3) is 0.412. The number of carbonyl (C=O) groups excluding carboxylic acids is 1. The second kappa shape index (κ2) is 7.13. The first-order chi connectivity index (χ1) is 11.5. The van der Waals surface area contributed by atoms with Gasteiger partial charge in [-0.05, 0) is 31.5 Å². The van der Waals surface area contributed by atoms with Gasteiger partial charge in [-0.15, -0.1) is 0 Å². The Balaban J connectivity index is 1.59. The van der Waals surface area contributed by atoms with Gasteiger partial charge in [0.05, 0.1) is 15.7 Å². The standard InChI is InChI=1S/C17H19Cl2N3O2/c1-11-16(12(2)24-20-11)17(23)22-7-5-21(6-8-22)10-13-3-4-14(18)15(19)9-13/h3-4,9H,5-8,10H2,1-2H3. The average Bonchev–Trinajstić information content (AvgIpc) is 2.90. The van der Waals surface area contributed by atoms with E-state index in [2.05, 4.69) is 10.1 Å². The van der Waals surface area contributed by atoms with E-state index in [1.165, 1.54) is 0 Å². The number of amides is 1.